The highest BCUT2D eigenvalue weighted by atomic mass is 35.5. The predicted octanol–water partition coefficient (Wildman–Crippen LogP) is 2.52. The number of aromatic nitrogens is 1. The lowest BCUT2D eigenvalue weighted by Gasteiger charge is -2.34. The van der Waals surface area contributed by atoms with E-state index in [-0.39, 0.29) is 34.6 Å². The van der Waals surface area contributed by atoms with Gasteiger partial charge in [0.25, 0.3) is 5.69 Å². The molecular formula is C15H17ClN4O4. The smallest absolute Gasteiger partial charge is 0.289 e. The maximum absolute atomic E-state index is 11.8. The van der Waals surface area contributed by atoms with Crippen molar-refractivity contribution < 1.29 is 14.5 Å². The standard InChI is InChI=1S/C15H17ClN4O4/c16-12-7-11(20(23)24)8-17-15(12)18-9-1-3-10(4-2-9)19-13(21)5-6-14(19)22/h7-10H,1-6H2,(H,17,18). The van der Waals surface area contributed by atoms with Crippen LogP contribution in [0.4, 0.5) is 11.5 Å². The molecule has 0 radical (unpaired) electrons. The number of carbonyl (C=O) groups is 2. The van der Waals surface area contributed by atoms with E-state index in [4.69, 9.17) is 11.6 Å². The molecule has 9 heteroatoms. The third kappa shape index (κ3) is 3.33. The van der Waals surface area contributed by atoms with Crippen molar-refractivity contribution in [1.29, 1.82) is 0 Å². The summed E-state index contributed by atoms with van der Waals surface area (Å²) < 4.78 is 0. The molecule has 1 aromatic rings. The third-order valence-electron chi connectivity index (χ3n) is 4.53. The first-order chi connectivity index (χ1) is 11.5. The van der Waals surface area contributed by atoms with E-state index in [0.717, 1.165) is 25.7 Å². The maximum Gasteiger partial charge on any atom is 0.289 e. The Bertz CT molecular complexity index is 672. The van der Waals surface area contributed by atoms with Gasteiger partial charge in [-0.25, -0.2) is 4.98 Å². The Morgan fingerprint density at radius 2 is 1.83 bits per heavy atom. The van der Waals surface area contributed by atoms with Crippen molar-refractivity contribution in [2.45, 2.75) is 50.6 Å². The highest BCUT2D eigenvalue weighted by molar-refractivity contribution is 6.33. The summed E-state index contributed by atoms with van der Waals surface area (Å²) in [5.74, 6) is 0.270. The number of amides is 2. The summed E-state index contributed by atoms with van der Waals surface area (Å²) in [7, 11) is 0. The average molecular weight is 353 g/mol. The second-order valence-electron chi connectivity index (χ2n) is 6.09. The minimum atomic E-state index is -0.544. The number of nitro groups is 1. The zero-order valence-electron chi connectivity index (χ0n) is 12.9. The molecule has 2 aliphatic rings. The van der Waals surface area contributed by atoms with Crippen molar-refractivity contribution in [1.82, 2.24) is 9.88 Å². The summed E-state index contributed by atoms with van der Waals surface area (Å²) in [6, 6.07) is 1.36. The fourth-order valence-electron chi connectivity index (χ4n) is 3.31. The number of carbonyl (C=O) groups excluding carboxylic acids is 2. The number of hydrogen-bond donors (Lipinski definition) is 1. The quantitative estimate of drug-likeness (QED) is 0.507. The van der Waals surface area contributed by atoms with Gasteiger partial charge in [-0.1, -0.05) is 11.6 Å². The lowest BCUT2D eigenvalue weighted by molar-refractivity contribution is -0.385. The van der Waals surface area contributed by atoms with E-state index in [0.29, 0.717) is 18.7 Å². The number of pyridine rings is 1. The fraction of sp³-hybridized carbons (Fsp3) is 0.533. The molecule has 1 aliphatic carbocycles. The summed E-state index contributed by atoms with van der Waals surface area (Å²) in [6.07, 6.45) is 4.83. The lowest BCUT2D eigenvalue weighted by atomic mass is 9.90. The van der Waals surface area contributed by atoms with Crippen molar-refractivity contribution in [3.8, 4) is 0 Å². The minimum absolute atomic E-state index is 0.0224. The largest absolute Gasteiger partial charge is 0.366 e. The van der Waals surface area contributed by atoms with Crippen LogP contribution in [0, 0.1) is 10.1 Å². The van der Waals surface area contributed by atoms with Crippen molar-refractivity contribution >= 4 is 34.9 Å². The van der Waals surface area contributed by atoms with Crippen LogP contribution in [0.2, 0.25) is 5.02 Å². The number of halogens is 1. The summed E-state index contributed by atoms with van der Waals surface area (Å²) >= 11 is 6.04. The van der Waals surface area contributed by atoms with Crippen LogP contribution >= 0.6 is 11.6 Å². The molecular weight excluding hydrogens is 336 g/mol. The zero-order valence-corrected chi connectivity index (χ0v) is 13.7. The minimum Gasteiger partial charge on any atom is -0.366 e. The molecule has 2 heterocycles. The molecule has 0 aromatic carbocycles. The molecule has 0 unspecified atom stereocenters. The van der Waals surface area contributed by atoms with Gasteiger partial charge >= 0.3 is 0 Å². The van der Waals surface area contributed by atoms with E-state index < -0.39 is 4.92 Å². The number of imide groups is 1. The molecule has 0 atom stereocenters. The number of likely N-dealkylation sites (tertiary alicyclic amines) is 1. The van der Waals surface area contributed by atoms with Gasteiger partial charge in [0.1, 0.15) is 12.0 Å². The topological polar surface area (TPSA) is 105 Å². The summed E-state index contributed by atoms with van der Waals surface area (Å²) in [6.45, 7) is 0. The number of rotatable bonds is 4. The predicted molar refractivity (Wildman–Crippen MR) is 86.7 cm³/mol. The Hall–Kier alpha value is -2.22. The van der Waals surface area contributed by atoms with E-state index in [2.05, 4.69) is 10.3 Å². The van der Waals surface area contributed by atoms with Gasteiger partial charge in [-0.05, 0) is 25.7 Å². The number of hydrogen-bond acceptors (Lipinski definition) is 6. The maximum atomic E-state index is 11.8. The Morgan fingerprint density at radius 3 is 2.38 bits per heavy atom. The normalized spacial score (nSPS) is 24.3. The molecule has 1 saturated carbocycles. The van der Waals surface area contributed by atoms with Gasteiger partial charge < -0.3 is 5.32 Å². The van der Waals surface area contributed by atoms with Crippen LogP contribution in [-0.2, 0) is 9.59 Å². The molecule has 1 saturated heterocycles. The molecule has 24 heavy (non-hydrogen) atoms. The Morgan fingerprint density at radius 1 is 1.21 bits per heavy atom. The van der Waals surface area contributed by atoms with Crippen LogP contribution < -0.4 is 5.32 Å². The van der Waals surface area contributed by atoms with Gasteiger partial charge in [-0.15, -0.1) is 0 Å². The molecule has 1 aliphatic heterocycles. The molecule has 3 rings (SSSR count). The number of nitrogens with one attached hydrogen (secondary N) is 1. The van der Waals surface area contributed by atoms with Gasteiger partial charge in [-0.2, -0.15) is 0 Å². The highest BCUT2D eigenvalue weighted by Gasteiger charge is 2.36. The second-order valence-corrected chi connectivity index (χ2v) is 6.50. The SMILES string of the molecule is O=C1CCC(=O)N1C1CCC(Nc2ncc([N+](=O)[O-])cc2Cl)CC1. The number of anilines is 1. The molecule has 1 N–H and O–H groups in total. The molecule has 0 spiro atoms. The van der Waals surface area contributed by atoms with Gasteiger partial charge in [0, 0.05) is 31.0 Å². The third-order valence-corrected chi connectivity index (χ3v) is 4.82. The first kappa shape index (κ1) is 16.6. The van der Waals surface area contributed by atoms with E-state index in [1.807, 2.05) is 0 Å². The second kappa shape index (κ2) is 6.72. The van der Waals surface area contributed by atoms with E-state index in [1.165, 1.54) is 17.2 Å². The summed E-state index contributed by atoms with van der Waals surface area (Å²) in [5.41, 5.74) is -0.152. The van der Waals surface area contributed by atoms with Crippen molar-refractivity contribution in [2.75, 3.05) is 5.32 Å². The Balaban J connectivity index is 1.59. The number of nitrogens with zero attached hydrogens (tertiary/aromatic N) is 3. The molecule has 0 bridgehead atoms. The Kier molecular flexibility index (Phi) is 4.66. The lowest BCUT2D eigenvalue weighted by Crippen LogP contribution is -2.43. The molecule has 8 nitrogen and oxygen atoms in total. The first-order valence-electron chi connectivity index (χ1n) is 7.87. The zero-order chi connectivity index (χ0) is 17.3. The van der Waals surface area contributed by atoms with Crippen LogP contribution in [0.25, 0.3) is 0 Å². The molecule has 2 amide bonds. The van der Waals surface area contributed by atoms with E-state index >= 15 is 0 Å². The van der Waals surface area contributed by atoms with E-state index in [9.17, 15) is 19.7 Å². The average Bonchev–Trinajstić information content (AvgIpc) is 2.89. The first-order valence-corrected chi connectivity index (χ1v) is 8.25. The van der Waals surface area contributed by atoms with Crippen molar-refractivity contribution in [2.24, 2.45) is 0 Å². The highest BCUT2D eigenvalue weighted by Crippen LogP contribution is 2.31. The summed E-state index contributed by atoms with van der Waals surface area (Å²) in [4.78, 5) is 39.2. The summed E-state index contributed by atoms with van der Waals surface area (Å²) in [5, 5.41) is 14.1. The van der Waals surface area contributed by atoms with Gasteiger partial charge in [0.15, 0.2) is 0 Å². The van der Waals surface area contributed by atoms with Crippen LogP contribution in [0.15, 0.2) is 12.3 Å². The van der Waals surface area contributed by atoms with Gasteiger partial charge in [-0.3, -0.25) is 24.6 Å². The van der Waals surface area contributed by atoms with Crippen molar-refractivity contribution in [3.05, 3.63) is 27.4 Å². The monoisotopic (exact) mass is 352 g/mol. The Labute approximate surface area is 143 Å². The van der Waals surface area contributed by atoms with Crippen LogP contribution in [0.1, 0.15) is 38.5 Å². The van der Waals surface area contributed by atoms with Crippen LogP contribution in [0.5, 0.6) is 0 Å². The molecule has 128 valence electrons. The molecule has 1 aromatic heterocycles. The molecule has 2 fully saturated rings. The van der Waals surface area contributed by atoms with Crippen molar-refractivity contribution in [3.63, 3.8) is 0 Å². The fourth-order valence-corrected chi connectivity index (χ4v) is 3.52. The van der Waals surface area contributed by atoms with Crippen LogP contribution in [-0.4, -0.2) is 38.7 Å². The van der Waals surface area contributed by atoms with Crippen LogP contribution in [0.3, 0.4) is 0 Å². The van der Waals surface area contributed by atoms with E-state index in [1.54, 1.807) is 0 Å². The van der Waals surface area contributed by atoms with Gasteiger partial charge in [0.2, 0.25) is 11.8 Å². The van der Waals surface area contributed by atoms with Gasteiger partial charge in [0.05, 0.1) is 9.95 Å².